The van der Waals surface area contributed by atoms with E-state index in [1.54, 1.807) is 30.5 Å². The van der Waals surface area contributed by atoms with Crippen LogP contribution in [0.2, 0.25) is 0 Å². The number of pyridine rings is 1. The van der Waals surface area contributed by atoms with Crippen LogP contribution in [0.1, 0.15) is 17.2 Å². The lowest BCUT2D eigenvalue weighted by Gasteiger charge is -2.10. The highest BCUT2D eigenvalue weighted by Gasteiger charge is 2.38. The fourth-order valence-electron chi connectivity index (χ4n) is 2.57. The van der Waals surface area contributed by atoms with E-state index >= 15 is 0 Å². The number of aromatic nitrogens is 1. The molecule has 3 rings (SSSR count). The number of halogens is 3. The van der Waals surface area contributed by atoms with E-state index in [4.69, 9.17) is 0 Å². The highest BCUT2D eigenvalue weighted by Crippen LogP contribution is 2.37. The average Bonchev–Trinajstić information content (AvgIpc) is 2.96. The number of hydrogen-bond acceptors (Lipinski definition) is 3. The Balaban J connectivity index is 1.70. The zero-order valence-corrected chi connectivity index (χ0v) is 14.5. The van der Waals surface area contributed by atoms with E-state index in [0.29, 0.717) is 5.69 Å². The minimum Gasteiger partial charge on any atom is -0.455 e. The molecule has 5 nitrogen and oxygen atoms in total. The van der Waals surface area contributed by atoms with Crippen LogP contribution in [-0.2, 0) is 6.18 Å². The van der Waals surface area contributed by atoms with E-state index in [0.717, 1.165) is 22.9 Å². The number of furan rings is 1. The summed E-state index contributed by atoms with van der Waals surface area (Å²) in [5, 5.41) is 4.67. The highest BCUT2D eigenvalue weighted by atomic mass is 19.4. The SMILES string of the molecule is Cc1cc(-c2ccc(NC(=O)Nc3cc(C)oc3C(F)(F)F)cc2)ccn1. The molecule has 0 spiro atoms. The summed E-state index contributed by atoms with van der Waals surface area (Å²) in [5.74, 6) is -1.19. The number of alkyl halides is 3. The average molecular weight is 375 g/mol. The zero-order chi connectivity index (χ0) is 19.6. The van der Waals surface area contributed by atoms with Crippen molar-refractivity contribution in [3.63, 3.8) is 0 Å². The second-order valence-electron chi connectivity index (χ2n) is 5.94. The lowest BCUT2D eigenvalue weighted by Crippen LogP contribution is -2.21. The molecule has 0 aliphatic carbocycles. The number of nitrogens with zero attached hydrogens (tertiary/aromatic N) is 1. The van der Waals surface area contributed by atoms with E-state index in [1.165, 1.54) is 6.92 Å². The van der Waals surface area contributed by atoms with Crippen LogP contribution in [-0.4, -0.2) is 11.0 Å². The number of carbonyl (C=O) groups is 1. The third-order valence-electron chi connectivity index (χ3n) is 3.73. The largest absolute Gasteiger partial charge is 0.455 e. The maximum Gasteiger partial charge on any atom is 0.451 e. The van der Waals surface area contributed by atoms with Gasteiger partial charge in [0.05, 0.1) is 5.69 Å². The third-order valence-corrected chi connectivity index (χ3v) is 3.73. The van der Waals surface area contributed by atoms with Gasteiger partial charge in [0.25, 0.3) is 0 Å². The van der Waals surface area contributed by atoms with Gasteiger partial charge in [-0.3, -0.25) is 4.98 Å². The maximum atomic E-state index is 12.9. The summed E-state index contributed by atoms with van der Waals surface area (Å²) in [6.45, 7) is 3.26. The Kier molecular flexibility index (Phi) is 4.89. The number of amides is 2. The molecule has 2 N–H and O–H groups in total. The van der Waals surface area contributed by atoms with Crippen molar-refractivity contribution in [2.75, 3.05) is 10.6 Å². The molecular weight excluding hydrogens is 359 g/mol. The Labute approximate surface area is 153 Å². The summed E-state index contributed by atoms with van der Waals surface area (Å²) in [6.07, 6.45) is -2.99. The predicted octanol–water partition coefficient (Wildman–Crippen LogP) is 5.62. The van der Waals surface area contributed by atoms with Crippen molar-refractivity contribution in [2.45, 2.75) is 20.0 Å². The monoisotopic (exact) mass is 375 g/mol. The number of nitrogens with one attached hydrogen (secondary N) is 2. The standard InChI is InChI=1S/C19H16F3N3O2/c1-11-9-14(7-8-23-11)13-3-5-15(6-4-13)24-18(26)25-16-10-12(2)27-17(16)19(20,21)22/h3-10H,1-2H3,(H2,24,25,26). The molecule has 0 saturated carbocycles. The number of carbonyl (C=O) groups excluding carboxylic acids is 1. The number of hydrogen-bond donors (Lipinski definition) is 2. The number of anilines is 2. The molecule has 27 heavy (non-hydrogen) atoms. The lowest BCUT2D eigenvalue weighted by atomic mass is 10.1. The molecule has 3 aromatic rings. The van der Waals surface area contributed by atoms with E-state index in [9.17, 15) is 18.0 Å². The fraction of sp³-hybridized carbons (Fsp3) is 0.158. The Bertz CT molecular complexity index is 963. The first-order chi connectivity index (χ1) is 12.7. The van der Waals surface area contributed by atoms with Crippen molar-refractivity contribution >= 4 is 17.4 Å². The smallest absolute Gasteiger partial charge is 0.451 e. The van der Waals surface area contributed by atoms with Crippen LogP contribution >= 0.6 is 0 Å². The van der Waals surface area contributed by atoms with Crippen LogP contribution in [0.25, 0.3) is 11.1 Å². The summed E-state index contributed by atoms with van der Waals surface area (Å²) >= 11 is 0. The molecular formula is C19H16F3N3O2. The van der Waals surface area contributed by atoms with Crippen molar-refractivity contribution in [3.05, 3.63) is 65.9 Å². The molecule has 0 atom stereocenters. The molecule has 8 heteroatoms. The minimum atomic E-state index is -4.69. The molecule has 0 fully saturated rings. The minimum absolute atomic E-state index is 0.0506. The summed E-state index contributed by atoms with van der Waals surface area (Å²) in [6, 6.07) is 11.0. The first-order valence-corrected chi connectivity index (χ1v) is 8.01. The molecule has 0 bridgehead atoms. The van der Waals surface area contributed by atoms with Gasteiger partial charge >= 0.3 is 12.2 Å². The van der Waals surface area contributed by atoms with E-state index in [2.05, 4.69) is 20.0 Å². The molecule has 1 aromatic carbocycles. The quantitative estimate of drug-likeness (QED) is 0.624. The van der Waals surface area contributed by atoms with E-state index in [-0.39, 0.29) is 5.76 Å². The first-order valence-electron chi connectivity index (χ1n) is 8.01. The van der Waals surface area contributed by atoms with Crippen molar-refractivity contribution < 1.29 is 22.4 Å². The molecule has 0 unspecified atom stereocenters. The molecule has 2 amide bonds. The van der Waals surface area contributed by atoms with Crippen LogP contribution in [0.15, 0.2) is 53.1 Å². The van der Waals surface area contributed by atoms with Crippen LogP contribution in [0.3, 0.4) is 0 Å². The fourth-order valence-corrected chi connectivity index (χ4v) is 2.57. The van der Waals surface area contributed by atoms with Crippen molar-refractivity contribution in [1.82, 2.24) is 4.98 Å². The van der Waals surface area contributed by atoms with Crippen molar-refractivity contribution in [3.8, 4) is 11.1 Å². The van der Waals surface area contributed by atoms with Gasteiger partial charge in [0, 0.05) is 23.6 Å². The van der Waals surface area contributed by atoms with Gasteiger partial charge in [-0.1, -0.05) is 12.1 Å². The van der Waals surface area contributed by atoms with Crippen LogP contribution in [0.4, 0.5) is 29.3 Å². The molecule has 0 aliphatic rings. The van der Waals surface area contributed by atoms with E-state index in [1.807, 2.05) is 19.1 Å². The van der Waals surface area contributed by atoms with Crippen LogP contribution in [0, 0.1) is 13.8 Å². The zero-order valence-electron chi connectivity index (χ0n) is 14.5. The van der Waals surface area contributed by atoms with Gasteiger partial charge in [0.2, 0.25) is 5.76 Å². The van der Waals surface area contributed by atoms with Gasteiger partial charge in [0.15, 0.2) is 0 Å². The van der Waals surface area contributed by atoms with Gasteiger partial charge < -0.3 is 15.1 Å². The highest BCUT2D eigenvalue weighted by molar-refractivity contribution is 6.00. The second kappa shape index (κ2) is 7.14. The molecule has 0 saturated heterocycles. The third kappa shape index (κ3) is 4.46. The van der Waals surface area contributed by atoms with E-state index < -0.39 is 23.7 Å². The first kappa shape index (κ1) is 18.5. The molecule has 2 heterocycles. The lowest BCUT2D eigenvalue weighted by molar-refractivity contribution is -0.152. The summed E-state index contributed by atoms with van der Waals surface area (Å²) in [4.78, 5) is 16.2. The summed E-state index contributed by atoms with van der Waals surface area (Å²) in [5.41, 5.74) is 2.79. The van der Waals surface area contributed by atoms with Gasteiger partial charge in [-0.25, -0.2) is 4.79 Å². The molecule has 140 valence electrons. The maximum absolute atomic E-state index is 12.9. The normalized spacial score (nSPS) is 11.3. The number of rotatable bonds is 3. The molecule has 0 aliphatic heterocycles. The second-order valence-corrected chi connectivity index (χ2v) is 5.94. The Hall–Kier alpha value is -3.29. The molecule has 0 radical (unpaired) electrons. The van der Waals surface area contributed by atoms with Crippen LogP contribution < -0.4 is 10.6 Å². The molecule has 2 aromatic heterocycles. The Morgan fingerprint density at radius 1 is 1.00 bits per heavy atom. The topological polar surface area (TPSA) is 67.2 Å². The number of urea groups is 1. The van der Waals surface area contributed by atoms with Crippen molar-refractivity contribution in [1.29, 1.82) is 0 Å². The number of aryl methyl sites for hydroxylation is 2. The van der Waals surface area contributed by atoms with Gasteiger partial charge in [0.1, 0.15) is 5.76 Å². The van der Waals surface area contributed by atoms with Gasteiger partial charge in [-0.05, 0) is 49.2 Å². The summed E-state index contributed by atoms with van der Waals surface area (Å²) in [7, 11) is 0. The van der Waals surface area contributed by atoms with Gasteiger partial charge in [-0.2, -0.15) is 13.2 Å². The number of benzene rings is 1. The predicted molar refractivity (Wildman–Crippen MR) is 95.5 cm³/mol. The Morgan fingerprint density at radius 2 is 1.70 bits per heavy atom. The summed E-state index contributed by atoms with van der Waals surface area (Å²) < 4.78 is 43.3. The van der Waals surface area contributed by atoms with Crippen molar-refractivity contribution in [2.24, 2.45) is 0 Å². The Morgan fingerprint density at radius 3 is 2.33 bits per heavy atom. The van der Waals surface area contributed by atoms with Crippen LogP contribution in [0.5, 0.6) is 0 Å². The van der Waals surface area contributed by atoms with Gasteiger partial charge in [-0.15, -0.1) is 0 Å².